The van der Waals surface area contributed by atoms with Crippen LogP contribution in [0.25, 0.3) is 0 Å². The summed E-state index contributed by atoms with van der Waals surface area (Å²) in [6.45, 7) is 4.24. The van der Waals surface area contributed by atoms with E-state index in [0.717, 1.165) is 11.1 Å². The number of amides is 1. The van der Waals surface area contributed by atoms with Crippen molar-refractivity contribution in [2.24, 2.45) is 0 Å². The van der Waals surface area contributed by atoms with Gasteiger partial charge in [0.15, 0.2) is 5.13 Å². The Kier molecular flexibility index (Phi) is 7.14. The third-order valence-electron chi connectivity index (χ3n) is 4.43. The summed E-state index contributed by atoms with van der Waals surface area (Å²) in [6, 6.07) is 19.7. The van der Waals surface area contributed by atoms with Gasteiger partial charge >= 0.3 is 5.97 Å². The highest BCUT2D eigenvalue weighted by molar-refractivity contribution is 7.17. The highest BCUT2D eigenvalue weighted by Crippen LogP contribution is 2.29. The van der Waals surface area contributed by atoms with Gasteiger partial charge in [0.25, 0.3) is 0 Å². The van der Waals surface area contributed by atoms with Crippen molar-refractivity contribution in [2.75, 3.05) is 11.5 Å². The Bertz CT molecular complexity index is 955. The molecule has 0 aliphatic carbocycles. The van der Waals surface area contributed by atoms with E-state index in [-0.39, 0.29) is 5.91 Å². The van der Waals surface area contributed by atoms with Crippen molar-refractivity contribution >= 4 is 28.3 Å². The van der Waals surface area contributed by atoms with Crippen LogP contribution in [0.4, 0.5) is 5.13 Å². The summed E-state index contributed by atoms with van der Waals surface area (Å²) in [6.07, 6.45) is 1.02. The van der Waals surface area contributed by atoms with E-state index in [1.165, 1.54) is 11.3 Å². The summed E-state index contributed by atoms with van der Waals surface area (Å²) < 4.78 is 5.11. The maximum atomic E-state index is 13.1. The summed E-state index contributed by atoms with van der Waals surface area (Å²) in [7, 11) is 0. The molecule has 5 nitrogen and oxygen atoms in total. The Labute approximate surface area is 175 Å². The zero-order valence-electron chi connectivity index (χ0n) is 16.6. The van der Waals surface area contributed by atoms with Crippen LogP contribution in [-0.2, 0) is 22.5 Å². The molecule has 0 fully saturated rings. The van der Waals surface area contributed by atoms with Crippen LogP contribution in [0, 0.1) is 6.92 Å². The molecule has 0 bridgehead atoms. The Morgan fingerprint density at radius 2 is 1.62 bits per heavy atom. The molecule has 0 N–H and O–H groups in total. The maximum Gasteiger partial charge on any atom is 0.350 e. The number of ether oxygens (including phenoxy) is 1. The third kappa shape index (κ3) is 5.51. The van der Waals surface area contributed by atoms with Crippen LogP contribution in [0.3, 0.4) is 0 Å². The van der Waals surface area contributed by atoms with E-state index in [9.17, 15) is 9.59 Å². The van der Waals surface area contributed by atoms with Crippen LogP contribution >= 0.6 is 11.3 Å². The number of nitrogens with zero attached hydrogens (tertiary/aromatic N) is 2. The van der Waals surface area contributed by atoms with Crippen molar-refractivity contribution in [1.82, 2.24) is 4.98 Å². The smallest absolute Gasteiger partial charge is 0.350 e. The van der Waals surface area contributed by atoms with Crippen molar-refractivity contribution in [3.8, 4) is 0 Å². The van der Waals surface area contributed by atoms with Crippen LogP contribution in [0.15, 0.2) is 60.7 Å². The van der Waals surface area contributed by atoms with Crippen molar-refractivity contribution in [3.05, 3.63) is 82.4 Å². The fourth-order valence-corrected chi connectivity index (χ4v) is 3.92. The summed E-state index contributed by atoms with van der Waals surface area (Å²) in [5.74, 6) is -0.424. The molecule has 1 heterocycles. The van der Waals surface area contributed by atoms with Crippen LogP contribution < -0.4 is 4.90 Å². The van der Waals surface area contributed by atoms with E-state index in [0.29, 0.717) is 41.7 Å². The van der Waals surface area contributed by atoms with Crippen molar-refractivity contribution in [1.29, 1.82) is 0 Å². The van der Waals surface area contributed by atoms with Gasteiger partial charge in [-0.3, -0.25) is 9.69 Å². The second kappa shape index (κ2) is 9.98. The SMILES string of the molecule is CCOC(=O)c1sc(N(Cc2ccccc2)C(=O)CCc2ccccc2)nc1C. The lowest BCUT2D eigenvalue weighted by atomic mass is 10.1. The van der Waals surface area contributed by atoms with E-state index in [2.05, 4.69) is 4.98 Å². The number of hydrogen-bond acceptors (Lipinski definition) is 5. The second-order valence-corrected chi connectivity index (χ2v) is 7.56. The van der Waals surface area contributed by atoms with Gasteiger partial charge in [0.1, 0.15) is 4.88 Å². The molecule has 150 valence electrons. The van der Waals surface area contributed by atoms with Crippen LogP contribution in [-0.4, -0.2) is 23.5 Å². The molecule has 29 heavy (non-hydrogen) atoms. The lowest BCUT2D eigenvalue weighted by Crippen LogP contribution is -2.30. The first kappa shape index (κ1) is 20.7. The van der Waals surface area contributed by atoms with Gasteiger partial charge in [0.05, 0.1) is 18.8 Å². The topological polar surface area (TPSA) is 59.5 Å². The largest absolute Gasteiger partial charge is 0.462 e. The number of hydrogen-bond donors (Lipinski definition) is 0. The number of thiazole rings is 1. The Hall–Kier alpha value is -2.99. The van der Waals surface area contributed by atoms with Gasteiger partial charge in [0.2, 0.25) is 5.91 Å². The van der Waals surface area contributed by atoms with E-state index in [1.807, 2.05) is 60.7 Å². The Morgan fingerprint density at radius 3 is 2.24 bits per heavy atom. The highest BCUT2D eigenvalue weighted by atomic mass is 32.1. The molecule has 6 heteroatoms. The standard InChI is InChI=1S/C23H24N2O3S/c1-3-28-22(27)21-17(2)24-23(29-21)25(16-19-12-8-5-9-13-19)20(26)15-14-18-10-6-4-7-11-18/h4-13H,3,14-16H2,1-2H3. The molecule has 2 aromatic carbocycles. The first-order chi connectivity index (χ1) is 14.1. The summed E-state index contributed by atoms with van der Waals surface area (Å²) in [5, 5.41) is 0.521. The van der Waals surface area contributed by atoms with Gasteiger partial charge < -0.3 is 4.74 Å². The average molecular weight is 409 g/mol. The predicted molar refractivity (Wildman–Crippen MR) is 115 cm³/mol. The second-order valence-electron chi connectivity index (χ2n) is 6.58. The molecular weight excluding hydrogens is 384 g/mol. The van der Waals surface area contributed by atoms with Crippen LogP contribution in [0.1, 0.15) is 39.8 Å². The monoisotopic (exact) mass is 408 g/mol. The van der Waals surface area contributed by atoms with E-state index in [1.54, 1.807) is 18.7 Å². The van der Waals surface area contributed by atoms with Crippen molar-refractivity contribution < 1.29 is 14.3 Å². The lowest BCUT2D eigenvalue weighted by molar-refractivity contribution is -0.118. The van der Waals surface area contributed by atoms with Gasteiger partial charge in [-0.15, -0.1) is 0 Å². The predicted octanol–water partition coefficient (Wildman–Crippen LogP) is 4.79. The number of esters is 1. The summed E-state index contributed by atoms with van der Waals surface area (Å²) in [5.41, 5.74) is 2.70. The highest BCUT2D eigenvalue weighted by Gasteiger charge is 2.24. The molecule has 0 aliphatic heterocycles. The van der Waals surface area contributed by atoms with Gasteiger partial charge in [0, 0.05) is 6.42 Å². The number of anilines is 1. The first-order valence-electron chi connectivity index (χ1n) is 9.61. The van der Waals surface area contributed by atoms with E-state index >= 15 is 0 Å². The molecule has 0 unspecified atom stereocenters. The average Bonchev–Trinajstić information content (AvgIpc) is 3.13. The molecular formula is C23H24N2O3S. The van der Waals surface area contributed by atoms with Crippen LogP contribution in [0.2, 0.25) is 0 Å². The fraction of sp³-hybridized carbons (Fsp3) is 0.261. The number of aryl methyl sites for hydroxylation is 2. The molecule has 0 saturated heterocycles. The van der Waals surface area contributed by atoms with Gasteiger partial charge in [-0.25, -0.2) is 9.78 Å². The number of rotatable bonds is 8. The molecule has 3 aromatic rings. The van der Waals surface area contributed by atoms with Gasteiger partial charge in [-0.1, -0.05) is 72.0 Å². The van der Waals surface area contributed by atoms with Crippen LogP contribution in [0.5, 0.6) is 0 Å². The number of benzene rings is 2. The Morgan fingerprint density at radius 1 is 1.00 bits per heavy atom. The molecule has 0 saturated carbocycles. The minimum Gasteiger partial charge on any atom is -0.462 e. The van der Waals surface area contributed by atoms with Gasteiger partial charge in [-0.05, 0) is 31.4 Å². The zero-order chi connectivity index (χ0) is 20.6. The molecule has 3 rings (SSSR count). The Balaban J connectivity index is 1.83. The molecule has 0 aliphatic rings. The normalized spacial score (nSPS) is 10.6. The summed E-state index contributed by atoms with van der Waals surface area (Å²) in [4.78, 5) is 31.9. The maximum absolute atomic E-state index is 13.1. The van der Waals surface area contributed by atoms with Crippen molar-refractivity contribution in [3.63, 3.8) is 0 Å². The number of carbonyl (C=O) groups excluding carboxylic acids is 2. The summed E-state index contributed by atoms with van der Waals surface area (Å²) >= 11 is 1.20. The van der Waals surface area contributed by atoms with Crippen molar-refractivity contribution in [2.45, 2.75) is 33.2 Å². The number of carbonyl (C=O) groups is 2. The third-order valence-corrected chi connectivity index (χ3v) is 5.59. The van der Waals surface area contributed by atoms with E-state index < -0.39 is 5.97 Å². The lowest BCUT2D eigenvalue weighted by Gasteiger charge is -2.20. The zero-order valence-corrected chi connectivity index (χ0v) is 17.4. The van der Waals surface area contributed by atoms with E-state index in [4.69, 9.17) is 4.74 Å². The molecule has 0 spiro atoms. The molecule has 0 atom stereocenters. The number of aromatic nitrogens is 1. The first-order valence-corrected chi connectivity index (χ1v) is 10.4. The molecule has 1 aromatic heterocycles. The van der Waals surface area contributed by atoms with Gasteiger partial charge in [-0.2, -0.15) is 0 Å². The minimum atomic E-state index is -0.398. The minimum absolute atomic E-state index is 0.0261. The molecule has 0 radical (unpaired) electrons. The molecule has 1 amide bonds. The fourth-order valence-electron chi connectivity index (χ4n) is 2.94. The quantitative estimate of drug-likeness (QED) is 0.503.